The number of para-hydroxylation sites is 2. The Kier molecular flexibility index (Phi) is 6.86. The molecule has 1 aromatic heterocycles. The quantitative estimate of drug-likeness (QED) is 0.382. The molecule has 34 heavy (non-hydrogen) atoms. The molecule has 3 aromatic carbocycles. The lowest BCUT2D eigenvalue weighted by Gasteiger charge is -2.36. The van der Waals surface area contributed by atoms with Crippen LogP contribution in [-0.4, -0.2) is 61.5 Å². The van der Waals surface area contributed by atoms with Crippen LogP contribution in [0.4, 0.5) is 11.5 Å². The fraction of sp³-hybridized carbons (Fsp3) is 0.286. The normalized spacial score (nSPS) is 14.3. The molecule has 2 heterocycles. The first kappa shape index (κ1) is 22.2. The maximum absolute atomic E-state index is 5.54. The van der Waals surface area contributed by atoms with E-state index in [2.05, 4.69) is 73.8 Å². The van der Waals surface area contributed by atoms with E-state index in [1.165, 1.54) is 5.69 Å². The monoisotopic (exact) mass is 453 g/mol. The summed E-state index contributed by atoms with van der Waals surface area (Å²) in [5.41, 5.74) is 3.20. The summed E-state index contributed by atoms with van der Waals surface area (Å²) in [7, 11) is 1.74. The molecule has 5 rings (SSSR count). The second kappa shape index (κ2) is 10.5. The van der Waals surface area contributed by atoms with E-state index < -0.39 is 0 Å². The number of piperazine rings is 1. The molecule has 1 aliphatic heterocycles. The van der Waals surface area contributed by atoms with Gasteiger partial charge in [-0.1, -0.05) is 66.7 Å². The van der Waals surface area contributed by atoms with Crippen molar-refractivity contribution < 1.29 is 4.74 Å². The average Bonchev–Trinajstić information content (AvgIpc) is 2.92. The van der Waals surface area contributed by atoms with Gasteiger partial charge in [0.15, 0.2) is 5.82 Å². The number of fused-ring (bicyclic) bond motifs is 1. The summed E-state index contributed by atoms with van der Waals surface area (Å²) in [6.45, 7) is 6.10. The Morgan fingerprint density at radius 3 is 2.29 bits per heavy atom. The molecule has 1 aliphatic rings. The van der Waals surface area contributed by atoms with Crippen LogP contribution < -0.4 is 15.0 Å². The number of methoxy groups -OCH3 is 1. The lowest BCUT2D eigenvalue weighted by molar-refractivity contribution is 0.256. The Morgan fingerprint density at radius 1 is 0.794 bits per heavy atom. The van der Waals surface area contributed by atoms with Gasteiger partial charge in [-0.2, -0.15) is 0 Å². The van der Waals surface area contributed by atoms with Gasteiger partial charge < -0.3 is 15.0 Å². The number of anilines is 2. The Labute approximate surface area is 201 Å². The number of ether oxygens (including phenoxy) is 1. The maximum Gasteiger partial charge on any atom is 0.156 e. The highest BCUT2D eigenvalue weighted by molar-refractivity contribution is 5.99. The van der Waals surface area contributed by atoms with E-state index in [0.717, 1.165) is 79.3 Å². The number of rotatable bonds is 8. The summed E-state index contributed by atoms with van der Waals surface area (Å²) in [6, 6.07) is 26.9. The first-order chi connectivity index (χ1) is 16.8. The van der Waals surface area contributed by atoms with Crippen LogP contribution in [0.2, 0.25) is 0 Å². The third kappa shape index (κ3) is 4.82. The van der Waals surface area contributed by atoms with Crippen LogP contribution in [0.3, 0.4) is 0 Å². The highest BCUT2D eigenvalue weighted by Crippen LogP contribution is 2.30. The van der Waals surface area contributed by atoms with Gasteiger partial charge in [0.05, 0.1) is 12.8 Å². The van der Waals surface area contributed by atoms with Gasteiger partial charge >= 0.3 is 0 Å². The van der Waals surface area contributed by atoms with Gasteiger partial charge in [0.2, 0.25) is 0 Å². The lowest BCUT2D eigenvalue weighted by atomic mass is 10.0. The van der Waals surface area contributed by atoms with Crippen LogP contribution in [0.15, 0.2) is 78.9 Å². The predicted molar refractivity (Wildman–Crippen MR) is 140 cm³/mol. The highest BCUT2D eigenvalue weighted by Gasteiger charge is 2.19. The largest absolute Gasteiger partial charge is 0.495 e. The zero-order valence-electron chi connectivity index (χ0n) is 19.7. The fourth-order valence-corrected chi connectivity index (χ4v) is 4.66. The van der Waals surface area contributed by atoms with Gasteiger partial charge in [-0.3, -0.25) is 4.90 Å². The van der Waals surface area contributed by atoms with Crippen molar-refractivity contribution >= 4 is 22.3 Å². The lowest BCUT2D eigenvalue weighted by Crippen LogP contribution is -2.46. The molecule has 0 aliphatic carbocycles. The fourth-order valence-electron chi connectivity index (χ4n) is 4.66. The highest BCUT2D eigenvalue weighted by atomic mass is 16.5. The molecule has 6 heteroatoms. The van der Waals surface area contributed by atoms with Crippen LogP contribution >= 0.6 is 0 Å². The number of nitrogens with zero attached hydrogens (tertiary/aromatic N) is 4. The first-order valence-electron chi connectivity index (χ1n) is 12.0. The Balaban J connectivity index is 1.16. The Bertz CT molecular complexity index is 1220. The van der Waals surface area contributed by atoms with Crippen LogP contribution in [-0.2, 0) is 0 Å². The number of hydrogen-bond acceptors (Lipinski definition) is 6. The van der Waals surface area contributed by atoms with Crippen LogP contribution in [0.25, 0.3) is 22.0 Å². The standard InChI is InChI=1S/C28H31N5O/c1-34-26-15-8-7-14-25(26)33-20-18-32(19-21-33)17-9-16-29-28-24-13-6-5-12-23(24)27(30-31-28)22-10-3-2-4-11-22/h2-8,10-15H,9,16-21H2,1H3,(H,29,31). The number of aromatic nitrogens is 2. The molecular weight excluding hydrogens is 422 g/mol. The first-order valence-corrected chi connectivity index (χ1v) is 12.0. The summed E-state index contributed by atoms with van der Waals surface area (Å²) in [6.07, 6.45) is 1.06. The van der Waals surface area contributed by atoms with E-state index in [4.69, 9.17) is 4.74 Å². The zero-order valence-corrected chi connectivity index (χ0v) is 19.7. The van der Waals surface area contributed by atoms with Crippen LogP contribution in [0.5, 0.6) is 5.75 Å². The SMILES string of the molecule is COc1ccccc1N1CCN(CCCNc2nnc(-c3ccccc3)c3ccccc23)CC1. The smallest absolute Gasteiger partial charge is 0.156 e. The third-order valence-electron chi connectivity index (χ3n) is 6.48. The minimum absolute atomic E-state index is 0.858. The van der Waals surface area contributed by atoms with Crippen molar-refractivity contribution in [3.63, 3.8) is 0 Å². The van der Waals surface area contributed by atoms with E-state index in [1.807, 2.05) is 30.3 Å². The summed E-state index contributed by atoms with van der Waals surface area (Å²) in [4.78, 5) is 4.96. The van der Waals surface area contributed by atoms with E-state index in [1.54, 1.807) is 7.11 Å². The van der Waals surface area contributed by atoms with Crippen molar-refractivity contribution in [2.45, 2.75) is 6.42 Å². The van der Waals surface area contributed by atoms with Gasteiger partial charge in [0, 0.05) is 49.1 Å². The topological polar surface area (TPSA) is 53.5 Å². The molecule has 0 saturated carbocycles. The van der Waals surface area contributed by atoms with Gasteiger partial charge in [0.25, 0.3) is 0 Å². The summed E-state index contributed by atoms with van der Waals surface area (Å²) < 4.78 is 5.54. The average molecular weight is 454 g/mol. The van der Waals surface area contributed by atoms with Crippen molar-refractivity contribution in [3.8, 4) is 17.0 Å². The van der Waals surface area contributed by atoms with Crippen molar-refractivity contribution in [1.29, 1.82) is 0 Å². The molecule has 0 spiro atoms. The molecular formula is C28H31N5O. The minimum atomic E-state index is 0.858. The molecule has 0 radical (unpaired) electrons. The Hall–Kier alpha value is -3.64. The summed E-state index contributed by atoms with van der Waals surface area (Å²) in [5, 5.41) is 14.9. The van der Waals surface area contributed by atoms with Gasteiger partial charge in [-0.25, -0.2) is 0 Å². The summed E-state index contributed by atoms with van der Waals surface area (Å²) in [5.74, 6) is 1.81. The predicted octanol–water partition coefficient (Wildman–Crippen LogP) is 4.93. The third-order valence-corrected chi connectivity index (χ3v) is 6.48. The number of nitrogens with one attached hydrogen (secondary N) is 1. The van der Waals surface area contributed by atoms with E-state index in [9.17, 15) is 0 Å². The Morgan fingerprint density at radius 2 is 1.50 bits per heavy atom. The molecule has 1 saturated heterocycles. The van der Waals surface area contributed by atoms with Crippen molar-refractivity contribution in [2.75, 3.05) is 56.6 Å². The molecule has 0 unspecified atom stereocenters. The number of hydrogen-bond donors (Lipinski definition) is 1. The minimum Gasteiger partial charge on any atom is -0.495 e. The molecule has 0 atom stereocenters. The molecule has 0 bridgehead atoms. The molecule has 1 N–H and O–H groups in total. The molecule has 174 valence electrons. The van der Waals surface area contributed by atoms with E-state index in [-0.39, 0.29) is 0 Å². The molecule has 0 amide bonds. The molecule has 1 fully saturated rings. The van der Waals surface area contributed by atoms with Gasteiger partial charge in [-0.05, 0) is 25.1 Å². The van der Waals surface area contributed by atoms with Crippen molar-refractivity contribution in [1.82, 2.24) is 15.1 Å². The molecule has 4 aromatic rings. The van der Waals surface area contributed by atoms with Gasteiger partial charge in [0.1, 0.15) is 11.4 Å². The van der Waals surface area contributed by atoms with E-state index in [0.29, 0.717) is 0 Å². The van der Waals surface area contributed by atoms with Crippen molar-refractivity contribution in [2.24, 2.45) is 0 Å². The van der Waals surface area contributed by atoms with Crippen molar-refractivity contribution in [3.05, 3.63) is 78.9 Å². The van der Waals surface area contributed by atoms with E-state index >= 15 is 0 Å². The zero-order chi connectivity index (χ0) is 23.2. The van der Waals surface area contributed by atoms with Crippen LogP contribution in [0.1, 0.15) is 6.42 Å². The number of benzene rings is 3. The van der Waals surface area contributed by atoms with Crippen LogP contribution in [0, 0.1) is 0 Å². The summed E-state index contributed by atoms with van der Waals surface area (Å²) >= 11 is 0. The molecule has 6 nitrogen and oxygen atoms in total. The second-order valence-electron chi connectivity index (χ2n) is 8.59. The second-order valence-corrected chi connectivity index (χ2v) is 8.59. The maximum atomic E-state index is 5.54. The van der Waals surface area contributed by atoms with Gasteiger partial charge in [-0.15, -0.1) is 10.2 Å².